The van der Waals surface area contributed by atoms with Crippen molar-refractivity contribution in [1.82, 2.24) is 0 Å². The van der Waals surface area contributed by atoms with Gasteiger partial charge in [0.2, 0.25) is 0 Å². The summed E-state index contributed by atoms with van der Waals surface area (Å²) in [7, 11) is 0. The molecule has 2 heterocycles. The SMILES string of the molecule is NCC1CCNc2cc3c(cc21)OCCO3. The minimum Gasteiger partial charge on any atom is -0.486 e. The largest absolute Gasteiger partial charge is 0.486 e. The number of hydrogen-bond donors (Lipinski definition) is 2. The fraction of sp³-hybridized carbons (Fsp3) is 0.500. The zero-order valence-corrected chi connectivity index (χ0v) is 9.16. The van der Waals surface area contributed by atoms with Gasteiger partial charge in [-0.05, 0) is 30.5 Å². The Morgan fingerprint density at radius 2 is 2.00 bits per heavy atom. The van der Waals surface area contributed by atoms with Crippen LogP contribution >= 0.6 is 0 Å². The number of anilines is 1. The quantitative estimate of drug-likeness (QED) is 0.749. The van der Waals surface area contributed by atoms with Crippen molar-refractivity contribution in [1.29, 1.82) is 0 Å². The number of nitrogens with one attached hydrogen (secondary N) is 1. The number of benzene rings is 1. The van der Waals surface area contributed by atoms with Crippen LogP contribution < -0.4 is 20.5 Å². The normalized spacial score (nSPS) is 22.2. The maximum absolute atomic E-state index is 5.79. The van der Waals surface area contributed by atoms with E-state index in [1.165, 1.54) is 5.56 Å². The van der Waals surface area contributed by atoms with Crippen LogP contribution in [0.3, 0.4) is 0 Å². The van der Waals surface area contributed by atoms with Crippen LogP contribution in [0.25, 0.3) is 0 Å². The van der Waals surface area contributed by atoms with Gasteiger partial charge in [0.15, 0.2) is 11.5 Å². The van der Waals surface area contributed by atoms with E-state index < -0.39 is 0 Å². The Balaban J connectivity index is 2.05. The number of rotatable bonds is 1. The summed E-state index contributed by atoms with van der Waals surface area (Å²) in [5, 5.41) is 3.39. The summed E-state index contributed by atoms with van der Waals surface area (Å²) in [4.78, 5) is 0. The predicted octanol–water partition coefficient (Wildman–Crippen LogP) is 1.32. The van der Waals surface area contributed by atoms with E-state index in [1.54, 1.807) is 0 Å². The lowest BCUT2D eigenvalue weighted by Crippen LogP contribution is -2.24. The highest BCUT2D eigenvalue weighted by atomic mass is 16.6. The average molecular weight is 220 g/mol. The van der Waals surface area contributed by atoms with E-state index in [9.17, 15) is 0 Å². The van der Waals surface area contributed by atoms with Gasteiger partial charge in [-0.2, -0.15) is 0 Å². The van der Waals surface area contributed by atoms with Gasteiger partial charge in [0.25, 0.3) is 0 Å². The van der Waals surface area contributed by atoms with Gasteiger partial charge >= 0.3 is 0 Å². The zero-order valence-electron chi connectivity index (χ0n) is 9.16. The Kier molecular flexibility index (Phi) is 2.36. The monoisotopic (exact) mass is 220 g/mol. The van der Waals surface area contributed by atoms with Crippen molar-refractivity contribution in [3.05, 3.63) is 17.7 Å². The summed E-state index contributed by atoms with van der Waals surface area (Å²) in [5.74, 6) is 2.13. The van der Waals surface area contributed by atoms with Crippen LogP contribution in [0.4, 0.5) is 5.69 Å². The first-order valence-corrected chi connectivity index (χ1v) is 5.76. The second-order valence-electron chi connectivity index (χ2n) is 4.23. The van der Waals surface area contributed by atoms with Gasteiger partial charge in [-0.15, -0.1) is 0 Å². The molecule has 16 heavy (non-hydrogen) atoms. The standard InChI is InChI=1S/C12H16N2O2/c13-7-8-1-2-14-10-6-12-11(5-9(8)10)15-3-4-16-12/h5-6,8,14H,1-4,7,13H2. The molecule has 4 nitrogen and oxygen atoms in total. The lowest BCUT2D eigenvalue weighted by molar-refractivity contribution is 0.171. The lowest BCUT2D eigenvalue weighted by Gasteiger charge is -2.28. The van der Waals surface area contributed by atoms with Crippen molar-refractivity contribution >= 4 is 5.69 Å². The highest BCUT2D eigenvalue weighted by molar-refractivity contribution is 5.63. The molecule has 0 amide bonds. The number of ether oxygens (including phenoxy) is 2. The maximum atomic E-state index is 5.79. The van der Waals surface area contributed by atoms with Crippen molar-refractivity contribution in [3.8, 4) is 11.5 Å². The maximum Gasteiger partial charge on any atom is 0.163 e. The molecule has 3 N–H and O–H groups in total. The van der Waals surface area contributed by atoms with E-state index in [4.69, 9.17) is 15.2 Å². The Morgan fingerprint density at radius 3 is 2.75 bits per heavy atom. The molecule has 1 atom stereocenters. The van der Waals surface area contributed by atoms with E-state index in [2.05, 4.69) is 11.4 Å². The van der Waals surface area contributed by atoms with Crippen LogP contribution in [0, 0.1) is 0 Å². The second-order valence-corrected chi connectivity index (χ2v) is 4.23. The van der Waals surface area contributed by atoms with Gasteiger partial charge in [0.05, 0.1) is 0 Å². The Bertz CT molecular complexity index is 406. The van der Waals surface area contributed by atoms with Crippen molar-refractivity contribution in [2.75, 3.05) is 31.6 Å². The number of hydrogen-bond acceptors (Lipinski definition) is 4. The molecule has 0 fully saturated rings. The fourth-order valence-electron chi connectivity index (χ4n) is 2.38. The third kappa shape index (κ3) is 1.50. The molecule has 0 radical (unpaired) electrons. The third-order valence-corrected chi connectivity index (χ3v) is 3.25. The summed E-state index contributed by atoms with van der Waals surface area (Å²) in [6.45, 7) is 2.93. The molecule has 3 rings (SSSR count). The number of nitrogens with two attached hydrogens (primary N) is 1. The van der Waals surface area contributed by atoms with Crippen molar-refractivity contribution in [3.63, 3.8) is 0 Å². The van der Waals surface area contributed by atoms with Crippen molar-refractivity contribution in [2.24, 2.45) is 5.73 Å². The van der Waals surface area contributed by atoms with Gasteiger partial charge in [-0.25, -0.2) is 0 Å². The summed E-state index contributed by atoms with van der Waals surface area (Å²) < 4.78 is 11.2. The van der Waals surface area contributed by atoms with Crippen LogP contribution in [0.1, 0.15) is 17.9 Å². The summed E-state index contributed by atoms with van der Waals surface area (Å²) in [6.07, 6.45) is 1.09. The first kappa shape index (κ1) is 9.78. The van der Waals surface area contributed by atoms with Gasteiger partial charge in [0, 0.05) is 18.3 Å². The van der Waals surface area contributed by atoms with Gasteiger partial charge in [-0.3, -0.25) is 0 Å². The minimum absolute atomic E-state index is 0.437. The lowest BCUT2D eigenvalue weighted by atomic mass is 9.90. The summed E-state index contributed by atoms with van der Waals surface area (Å²) in [5.41, 5.74) is 8.20. The van der Waals surface area contributed by atoms with E-state index >= 15 is 0 Å². The molecule has 2 aliphatic heterocycles. The van der Waals surface area contributed by atoms with E-state index in [1.807, 2.05) is 6.07 Å². The van der Waals surface area contributed by atoms with Gasteiger partial charge < -0.3 is 20.5 Å². The average Bonchev–Trinajstić information content (AvgIpc) is 2.35. The molecule has 1 aromatic rings. The Morgan fingerprint density at radius 1 is 1.25 bits per heavy atom. The van der Waals surface area contributed by atoms with Gasteiger partial charge in [-0.1, -0.05) is 0 Å². The second kappa shape index (κ2) is 3.87. The van der Waals surface area contributed by atoms with E-state index in [0.717, 1.165) is 30.2 Å². The molecule has 1 aromatic carbocycles. The molecule has 2 aliphatic rings. The van der Waals surface area contributed by atoms with Crippen molar-refractivity contribution < 1.29 is 9.47 Å². The van der Waals surface area contributed by atoms with Crippen LogP contribution in [0.15, 0.2) is 12.1 Å². The van der Waals surface area contributed by atoms with Gasteiger partial charge in [0.1, 0.15) is 13.2 Å². The Hall–Kier alpha value is -1.42. The molecular weight excluding hydrogens is 204 g/mol. The molecule has 1 unspecified atom stereocenters. The van der Waals surface area contributed by atoms with Crippen LogP contribution in [-0.4, -0.2) is 26.3 Å². The van der Waals surface area contributed by atoms with Crippen LogP contribution in [-0.2, 0) is 0 Å². The topological polar surface area (TPSA) is 56.5 Å². The molecule has 86 valence electrons. The van der Waals surface area contributed by atoms with Crippen molar-refractivity contribution in [2.45, 2.75) is 12.3 Å². The van der Waals surface area contributed by atoms with Crippen LogP contribution in [0.5, 0.6) is 11.5 Å². The van der Waals surface area contributed by atoms with E-state index in [-0.39, 0.29) is 0 Å². The molecule has 0 aromatic heterocycles. The molecule has 0 saturated heterocycles. The number of fused-ring (bicyclic) bond motifs is 2. The molecule has 0 saturated carbocycles. The third-order valence-electron chi connectivity index (χ3n) is 3.25. The molecule has 0 bridgehead atoms. The highest BCUT2D eigenvalue weighted by Gasteiger charge is 2.23. The first-order chi connectivity index (χ1) is 7.88. The molecule has 0 aliphatic carbocycles. The highest BCUT2D eigenvalue weighted by Crippen LogP contribution is 2.40. The molecule has 0 spiro atoms. The minimum atomic E-state index is 0.437. The van der Waals surface area contributed by atoms with E-state index in [0.29, 0.717) is 25.7 Å². The molecular formula is C12H16N2O2. The smallest absolute Gasteiger partial charge is 0.163 e. The summed E-state index contributed by atoms with van der Waals surface area (Å²) in [6, 6.07) is 4.11. The zero-order chi connectivity index (χ0) is 11.0. The summed E-state index contributed by atoms with van der Waals surface area (Å²) >= 11 is 0. The first-order valence-electron chi connectivity index (χ1n) is 5.76. The Labute approximate surface area is 94.7 Å². The predicted molar refractivity (Wildman–Crippen MR) is 62.3 cm³/mol. The fourth-order valence-corrected chi connectivity index (χ4v) is 2.38. The van der Waals surface area contributed by atoms with Crippen LogP contribution in [0.2, 0.25) is 0 Å². The molecule has 4 heteroatoms.